The largest absolute Gasteiger partial charge is 0.328 e. The number of nitrogens with zero attached hydrogens (tertiary/aromatic N) is 2. The van der Waals surface area contributed by atoms with Crippen LogP contribution in [0.4, 0.5) is 8.78 Å². The van der Waals surface area contributed by atoms with E-state index in [0.717, 1.165) is 12.8 Å². The van der Waals surface area contributed by atoms with Gasteiger partial charge in [-0.2, -0.15) is 0 Å². The molecule has 0 saturated heterocycles. The van der Waals surface area contributed by atoms with E-state index >= 15 is 0 Å². The Labute approximate surface area is 97.9 Å². The summed E-state index contributed by atoms with van der Waals surface area (Å²) in [4.78, 5) is 4.09. The van der Waals surface area contributed by atoms with Gasteiger partial charge in [0.25, 0.3) is 0 Å². The zero-order chi connectivity index (χ0) is 12.0. The summed E-state index contributed by atoms with van der Waals surface area (Å²) in [7, 11) is 0. The van der Waals surface area contributed by atoms with E-state index < -0.39 is 11.6 Å². The van der Waals surface area contributed by atoms with Crippen LogP contribution < -0.4 is 0 Å². The van der Waals surface area contributed by atoms with Gasteiger partial charge >= 0.3 is 0 Å². The van der Waals surface area contributed by atoms with Gasteiger partial charge in [-0.3, -0.25) is 0 Å². The van der Waals surface area contributed by atoms with Crippen LogP contribution in [0.2, 0.25) is 0 Å². The molecule has 0 bridgehead atoms. The Hall–Kier alpha value is -1.71. The van der Waals surface area contributed by atoms with Crippen molar-refractivity contribution in [3.63, 3.8) is 0 Å². The number of hydrogen-bond donors (Lipinski definition) is 0. The number of halogens is 2. The number of imidazole rings is 1. The summed E-state index contributed by atoms with van der Waals surface area (Å²) in [5, 5.41) is 0. The van der Waals surface area contributed by atoms with Crippen molar-refractivity contribution in [3.05, 3.63) is 41.7 Å². The normalized spacial score (nSPS) is 15.2. The van der Waals surface area contributed by atoms with Crippen molar-refractivity contribution in [1.82, 2.24) is 9.55 Å². The summed E-state index contributed by atoms with van der Waals surface area (Å²) < 4.78 is 29.6. The molecule has 0 spiro atoms. The molecule has 0 radical (unpaired) electrons. The second-order valence-electron chi connectivity index (χ2n) is 4.44. The topological polar surface area (TPSA) is 17.8 Å². The smallest absolute Gasteiger partial charge is 0.146 e. The quantitative estimate of drug-likeness (QED) is 0.778. The number of hydrogen-bond acceptors (Lipinski definition) is 1. The van der Waals surface area contributed by atoms with Gasteiger partial charge in [0.05, 0.1) is 5.56 Å². The van der Waals surface area contributed by atoms with Gasteiger partial charge in [0.15, 0.2) is 0 Å². The van der Waals surface area contributed by atoms with Crippen LogP contribution in [-0.2, 0) is 0 Å². The van der Waals surface area contributed by atoms with Crippen molar-refractivity contribution in [1.29, 1.82) is 0 Å². The SMILES string of the molecule is Cc1ccc(F)c(-c2nccn2C2CC2)c1F. The van der Waals surface area contributed by atoms with Crippen molar-refractivity contribution in [2.24, 2.45) is 0 Å². The van der Waals surface area contributed by atoms with Gasteiger partial charge in [-0.25, -0.2) is 13.8 Å². The van der Waals surface area contributed by atoms with Crippen molar-refractivity contribution in [2.45, 2.75) is 25.8 Å². The highest BCUT2D eigenvalue weighted by atomic mass is 19.1. The average molecular weight is 234 g/mol. The number of aryl methyl sites for hydroxylation is 1. The first-order valence-corrected chi connectivity index (χ1v) is 5.66. The third-order valence-electron chi connectivity index (χ3n) is 3.12. The van der Waals surface area contributed by atoms with Crippen LogP contribution in [0.25, 0.3) is 11.4 Å². The van der Waals surface area contributed by atoms with Crippen LogP contribution in [0.5, 0.6) is 0 Å². The lowest BCUT2D eigenvalue weighted by Gasteiger charge is -2.09. The van der Waals surface area contributed by atoms with E-state index in [0.29, 0.717) is 17.4 Å². The van der Waals surface area contributed by atoms with E-state index in [-0.39, 0.29) is 5.56 Å². The zero-order valence-electron chi connectivity index (χ0n) is 9.45. The Morgan fingerprint density at radius 2 is 2.06 bits per heavy atom. The van der Waals surface area contributed by atoms with Gasteiger partial charge in [0.1, 0.15) is 17.5 Å². The predicted octanol–water partition coefficient (Wildman–Crippen LogP) is 3.47. The molecule has 1 aliphatic rings. The Morgan fingerprint density at radius 3 is 2.76 bits per heavy atom. The van der Waals surface area contributed by atoms with E-state index in [1.54, 1.807) is 19.3 Å². The fraction of sp³-hybridized carbons (Fsp3) is 0.308. The Balaban J connectivity index is 2.20. The Morgan fingerprint density at radius 1 is 1.29 bits per heavy atom. The summed E-state index contributed by atoms with van der Waals surface area (Å²) in [5.74, 6) is -0.675. The molecule has 88 valence electrons. The highest BCUT2D eigenvalue weighted by molar-refractivity contribution is 5.59. The molecule has 0 N–H and O–H groups in total. The monoisotopic (exact) mass is 234 g/mol. The van der Waals surface area contributed by atoms with Crippen LogP contribution >= 0.6 is 0 Å². The molecule has 3 rings (SSSR count). The van der Waals surface area contributed by atoms with Crippen LogP contribution in [0.3, 0.4) is 0 Å². The first-order valence-electron chi connectivity index (χ1n) is 5.66. The minimum atomic E-state index is -0.554. The van der Waals surface area contributed by atoms with Crippen molar-refractivity contribution < 1.29 is 8.78 Å². The molecule has 1 aromatic heterocycles. The molecule has 1 heterocycles. The lowest BCUT2D eigenvalue weighted by atomic mass is 10.1. The van der Waals surface area contributed by atoms with Gasteiger partial charge < -0.3 is 4.57 Å². The van der Waals surface area contributed by atoms with Crippen LogP contribution in [0, 0.1) is 18.6 Å². The molecule has 2 aromatic rings. The fourth-order valence-electron chi connectivity index (χ4n) is 2.02. The summed E-state index contributed by atoms with van der Waals surface area (Å²) in [5.41, 5.74) is 0.425. The zero-order valence-corrected chi connectivity index (χ0v) is 9.45. The van der Waals surface area contributed by atoms with Crippen molar-refractivity contribution >= 4 is 0 Å². The summed E-state index contributed by atoms with van der Waals surface area (Å²) in [6.07, 6.45) is 5.49. The van der Waals surface area contributed by atoms with Gasteiger partial charge in [-0.15, -0.1) is 0 Å². The van der Waals surface area contributed by atoms with Gasteiger partial charge in [0, 0.05) is 18.4 Å². The van der Waals surface area contributed by atoms with E-state index in [4.69, 9.17) is 0 Å². The molecular weight excluding hydrogens is 222 g/mol. The number of benzene rings is 1. The first kappa shape index (κ1) is 10.4. The number of aromatic nitrogens is 2. The minimum absolute atomic E-state index is 0.0121. The molecule has 0 amide bonds. The molecule has 4 heteroatoms. The maximum atomic E-state index is 14.0. The van der Waals surface area contributed by atoms with Crippen LogP contribution in [0.1, 0.15) is 24.4 Å². The Kier molecular flexibility index (Phi) is 2.24. The van der Waals surface area contributed by atoms with E-state index in [1.165, 1.54) is 12.1 Å². The van der Waals surface area contributed by atoms with Crippen molar-refractivity contribution in [3.8, 4) is 11.4 Å². The molecule has 0 unspecified atom stereocenters. The first-order chi connectivity index (χ1) is 8.18. The maximum absolute atomic E-state index is 14.0. The molecule has 0 aliphatic heterocycles. The third kappa shape index (κ3) is 1.64. The molecule has 17 heavy (non-hydrogen) atoms. The van der Waals surface area contributed by atoms with Crippen molar-refractivity contribution in [2.75, 3.05) is 0 Å². The Bertz CT molecular complexity index is 571. The molecule has 1 aromatic carbocycles. The average Bonchev–Trinajstić information content (AvgIpc) is 3.05. The summed E-state index contributed by atoms with van der Waals surface area (Å²) >= 11 is 0. The molecule has 0 atom stereocenters. The van der Waals surface area contributed by atoms with Crippen LogP contribution in [-0.4, -0.2) is 9.55 Å². The van der Waals surface area contributed by atoms with Gasteiger partial charge in [0.2, 0.25) is 0 Å². The molecular formula is C13H12F2N2. The molecule has 1 fully saturated rings. The molecule has 1 saturated carbocycles. The fourth-order valence-corrected chi connectivity index (χ4v) is 2.02. The highest BCUT2D eigenvalue weighted by Crippen LogP contribution is 2.39. The maximum Gasteiger partial charge on any atom is 0.146 e. The lowest BCUT2D eigenvalue weighted by molar-refractivity contribution is 0.578. The minimum Gasteiger partial charge on any atom is -0.328 e. The predicted molar refractivity (Wildman–Crippen MR) is 60.6 cm³/mol. The molecule has 1 aliphatic carbocycles. The summed E-state index contributed by atoms with van der Waals surface area (Å²) in [6, 6.07) is 3.09. The highest BCUT2D eigenvalue weighted by Gasteiger charge is 2.28. The van der Waals surface area contributed by atoms with E-state index in [9.17, 15) is 8.78 Å². The van der Waals surface area contributed by atoms with Crippen LogP contribution in [0.15, 0.2) is 24.5 Å². The lowest BCUT2D eigenvalue weighted by Crippen LogP contribution is -2.01. The standard InChI is InChI=1S/C13H12F2N2/c1-8-2-5-10(14)11(12(8)15)13-16-6-7-17(13)9-3-4-9/h2,5-7,9H,3-4H2,1H3. The van der Waals surface area contributed by atoms with Gasteiger partial charge in [-0.05, 0) is 31.4 Å². The molecule has 2 nitrogen and oxygen atoms in total. The second-order valence-corrected chi connectivity index (χ2v) is 4.44. The summed E-state index contributed by atoms with van der Waals surface area (Å²) in [6.45, 7) is 1.63. The van der Waals surface area contributed by atoms with Gasteiger partial charge in [-0.1, -0.05) is 6.07 Å². The van der Waals surface area contributed by atoms with E-state index in [2.05, 4.69) is 4.98 Å². The third-order valence-corrected chi connectivity index (χ3v) is 3.12. The van der Waals surface area contributed by atoms with E-state index in [1.807, 2.05) is 4.57 Å². The number of rotatable bonds is 2. The second kappa shape index (κ2) is 3.65.